The molecule has 4 rings (SSSR count). The predicted octanol–water partition coefficient (Wildman–Crippen LogP) is 6.34. The Hall–Kier alpha value is -2.54. The van der Waals surface area contributed by atoms with Crippen molar-refractivity contribution in [3.8, 4) is 5.75 Å². The summed E-state index contributed by atoms with van der Waals surface area (Å²) in [5, 5.41) is 3.11. The van der Waals surface area contributed by atoms with Crippen molar-refractivity contribution in [2.75, 3.05) is 26.7 Å². The standard InChI is InChI=1S/C27H28Cl2N2O3S/c1-17(2)15-30(27(33)18-5-4-6-20(13-18)34-3)16-25(32)31-11-9-24-22(10-12-35-24)26(31)21-8-7-19(28)14-23(21)29/h4-8,10,12-14,17,26H,9,11,15-16H2,1-3H3. The Bertz CT molecular complexity index is 1230. The molecule has 0 fully saturated rings. The van der Waals surface area contributed by atoms with Crippen LogP contribution in [0.15, 0.2) is 53.9 Å². The van der Waals surface area contributed by atoms with E-state index < -0.39 is 0 Å². The maximum absolute atomic E-state index is 13.8. The number of fused-ring (bicyclic) bond motifs is 1. The number of rotatable bonds is 7. The first-order valence-electron chi connectivity index (χ1n) is 11.5. The van der Waals surface area contributed by atoms with Crippen LogP contribution < -0.4 is 4.74 Å². The van der Waals surface area contributed by atoms with E-state index in [9.17, 15) is 9.59 Å². The lowest BCUT2D eigenvalue weighted by molar-refractivity contribution is -0.134. The molecule has 1 unspecified atom stereocenters. The third-order valence-electron chi connectivity index (χ3n) is 6.06. The van der Waals surface area contributed by atoms with E-state index in [2.05, 4.69) is 6.07 Å². The van der Waals surface area contributed by atoms with Crippen molar-refractivity contribution in [2.24, 2.45) is 5.92 Å². The van der Waals surface area contributed by atoms with Gasteiger partial charge < -0.3 is 14.5 Å². The Balaban J connectivity index is 1.65. The summed E-state index contributed by atoms with van der Waals surface area (Å²) in [7, 11) is 1.57. The molecule has 0 saturated carbocycles. The first kappa shape index (κ1) is 25.5. The Labute approximate surface area is 220 Å². The molecule has 0 saturated heterocycles. The zero-order valence-corrected chi connectivity index (χ0v) is 22.3. The summed E-state index contributed by atoms with van der Waals surface area (Å²) >= 11 is 14.4. The smallest absolute Gasteiger partial charge is 0.254 e. The van der Waals surface area contributed by atoms with E-state index in [4.69, 9.17) is 27.9 Å². The summed E-state index contributed by atoms with van der Waals surface area (Å²) in [6.45, 7) is 5.07. The number of ether oxygens (including phenoxy) is 1. The molecule has 1 atom stereocenters. The predicted molar refractivity (Wildman–Crippen MR) is 142 cm³/mol. The molecule has 1 aliphatic heterocycles. The average molecular weight is 532 g/mol. The van der Waals surface area contributed by atoms with Crippen molar-refractivity contribution in [2.45, 2.75) is 26.3 Å². The molecule has 0 radical (unpaired) electrons. The second-order valence-corrected chi connectivity index (χ2v) is 10.9. The SMILES string of the molecule is COc1cccc(C(=O)N(CC(=O)N2CCc3sccc3C2c2ccc(Cl)cc2Cl)CC(C)C)c1. The average Bonchev–Trinajstić information content (AvgIpc) is 3.31. The van der Waals surface area contributed by atoms with Crippen LogP contribution in [-0.4, -0.2) is 48.4 Å². The van der Waals surface area contributed by atoms with E-state index in [0.29, 0.717) is 34.4 Å². The number of hydrogen-bond acceptors (Lipinski definition) is 4. The van der Waals surface area contributed by atoms with Crippen LogP contribution in [0.1, 0.15) is 46.3 Å². The topological polar surface area (TPSA) is 49.9 Å². The van der Waals surface area contributed by atoms with E-state index in [1.54, 1.807) is 59.7 Å². The fourth-order valence-corrected chi connectivity index (χ4v) is 5.91. The third-order valence-corrected chi connectivity index (χ3v) is 7.62. The van der Waals surface area contributed by atoms with Crippen molar-refractivity contribution in [3.05, 3.63) is 85.5 Å². The summed E-state index contributed by atoms with van der Waals surface area (Å²) in [5.41, 5.74) is 2.40. The molecule has 5 nitrogen and oxygen atoms in total. The summed E-state index contributed by atoms with van der Waals surface area (Å²) < 4.78 is 5.28. The summed E-state index contributed by atoms with van der Waals surface area (Å²) in [6.07, 6.45) is 0.772. The quantitative estimate of drug-likeness (QED) is 0.358. The van der Waals surface area contributed by atoms with Crippen LogP contribution in [0.3, 0.4) is 0 Å². The normalized spacial score (nSPS) is 15.1. The lowest BCUT2D eigenvalue weighted by Crippen LogP contribution is -2.47. The van der Waals surface area contributed by atoms with Gasteiger partial charge in [0.25, 0.3) is 5.91 Å². The zero-order valence-electron chi connectivity index (χ0n) is 20.0. The van der Waals surface area contributed by atoms with Gasteiger partial charge in [-0.25, -0.2) is 0 Å². The first-order chi connectivity index (χ1) is 16.8. The fraction of sp³-hybridized carbons (Fsp3) is 0.333. The van der Waals surface area contributed by atoms with Crippen molar-refractivity contribution in [1.29, 1.82) is 0 Å². The van der Waals surface area contributed by atoms with Crippen LogP contribution in [0.25, 0.3) is 0 Å². The monoisotopic (exact) mass is 530 g/mol. The minimum Gasteiger partial charge on any atom is -0.497 e. The van der Waals surface area contributed by atoms with Gasteiger partial charge >= 0.3 is 0 Å². The molecule has 1 aromatic heterocycles. The van der Waals surface area contributed by atoms with Crippen LogP contribution >= 0.6 is 34.5 Å². The first-order valence-corrected chi connectivity index (χ1v) is 13.2. The number of thiophene rings is 1. The summed E-state index contributed by atoms with van der Waals surface area (Å²) in [5.74, 6) is 0.490. The Kier molecular flexibility index (Phi) is 8.05. The summed E-state index contributed by atoms with van der Waals surface area (Å²) in [4.78, 5) is 31.9. The molecule has 2 heterocycles. The number of hydrogen-bond donors (Lipinski definition) is 0. The second-order valence-electron chi connectivity index (χ2n) is 9.02. The fourth-order valence-electron chi connectivity index (χ4n) is 4.50. The van der Waals surface area contributed by atoms with E-state index in [1.807, 2.05) is 30.2 Å². The molecule has 0 spiro atoms. The lowest BCUT2D eigenvalue weighted by atomic mass is 9.93. The van der Waals surface area contributed by atoms with Gasteiger partial charge in [0.15, 0.2) is 0 Å². The molecule has 8 heteroatoms. The number of benzene rings is 2. The zero-order chi connectivity index (χ0) is 25.1. The van der Waals surface area contributed by atoms with E-state index in [1.165, 1.54) is 4.88 Å². The highest BCUT2D eigenvalue weighted by Crippen LogP contribution is 2.41. The van der Waals surface area contributed by atoms with Gasteiger partial charge in [0.2, 0.25) is 5.91 Å². The molecule has 2 aromatic carbocycles. The molecule has 1 aliphatic rings. The maximum Gasteiger partial charge on any atom is 0.254 e. The number of methoxy groups -OCH3 is 1. The Morgan fingerprint density at radius 1 is 1.14 bits per heavy atom. The van der Waals surface area contributed by atoms with Gasteiger partial charge in [0.1, 0.15) is 12.3 Å². The highest BCUT2D eigenvalue weighted by atomic mass is 35.5. The molecular weight excluding hydrogens is 503 g/mol. The largest absolute Gasteiger partial charge is 0.497 e. The van der Waals surface area contributed by atoms with Gasteiger partial charge in [0.05, 0.1) is 13.2 Å². The molecule has 0 bridgehead atoms. The van der Waals surface area contributed by atoms with Crippen LogP contribution in [-0.2, 0) is 11.2 Å². The van der Waals surface area contributed by atoms with Crippen molar-refractivity contribution in [3.63, 3.8) is 0 Å². The van der Waals surface area contributed by atoms with Crippen LogP contribution in [0, 0.1) is 5.92 Å². The van der Waals surface area contributed by atoms with Gasteiger partial charge in [-0.3, -0.25) is 9.59 Å². The van der Waals surface area contributed by atoms with Crippen LogP contribution in [0.5, 0.6) is 5.75 Å². The number of carbonyl (C=O) groups excluding carboxylic acids is 2. The van der Waals surface area contributed by atoms with Crippen LogP contribution in [0.2, 0.25) is 10.0 Å². The van der Waals surface area contributed by atoms with Gasteiger partial charge in [-0.1, -0.05) is 49.2 Å². The maximum atomic E-state index is 13.8. The molecule has 3 aromatic rings. The third kappa shape index (κ3) is 5.66. The van der Waals surface area contributed by atoms with Gasteiger partial charge in [-0.15, -0.1) is 11.3 Å². The highest BCUT2D eigenvalue weighted by Gasteiger charge is 2.35. The molecule has 2 amide bonds. The van der Waals surface area contributed by atoms with Gasteiger partial charge in [-0.05, 0) is 65.2 Å². The van der Waals surface area contributed by atoms with E-state index >= 15 is 0 Å². The molecule has 184 valence electrons. The Morgan fingerprint density at radius 3 is 2.66 bits per heavy atom. The number of nitrogens with zero attached hydrogens (tertiary/aromatic N) is 2. The van der Waals surface area contributed by atoms with E-state index in [0.717, 1.165) is 17.5 Å². The van der Waals surface area contributed by atoms with Gasteiger partial charge in [0, 0.05) is 33.6 Å². The van der Waals surface area contributed by atoms with Gasteiger partial charge in [-0.2, -0.15) is 0 Å². The molecule has 0 aliphatic carbocycles. The second kappa shape index (κ2) is 11.0. The van der Waals surface area contributed by atoms with Crippen molar-refractivity contribution >= 4 is 46.4 Å². The minimum atomic E-state index is -0.324. The molecule has 0 N–H and O–H groups in total. The number of halogens is 2. The van der Waals surface area contributed by atoms with Crippen molar-refractivity contribution in [1.82, 2.24) is 9.80 Å². The number of amides is 2. The van der Waals surface area contributed by atoms with E-state index in [-0.39, 0.29) is 30.3 Å². The minimum absolute atomic E-state index is 0.0185. The molecule has 35 heavy (non-hydrogen) atoms. The Morgan fingerprint density at radius 2 is 1.94 bits per heavy atom. The number of carbonyl (C=O) groups is 2. The van der Waals surface area contributed by atoms with Crippen molar-refractivity contribution < 1.29 is 14.3 Å². The lowest BCUT2D eigenvalue weighted by Gasteiger charge is -2.38. The summed E-state index contributed by atoms with van der Waals surface area (Å²) in [6, 6.07) is 14.1. The molecular formula is C27H28Cl2N2O3S. The highest BCUT2D eigenvalue weighted by molar-refractivity contribution is 7.10. The van der Waals surface area contributed by atoms with Crippen LogP contribution in [0.4, 0.5) is 0 Å².